The van der Waals surface area contributed by atoms with E-state index in [4.69, 9.17) is 11.6 Å². The first-order chi connectivity index (χ1) is 16.5. The second kappa shape index (κ2) is 11.5. The molecule has 3 heteroatoms. The monoisotopic (exact) mass is 468 g/mol. The van der Waals surface area contributed by atoms with Crippen LogP contribution in [0.2, 0.25) is 5.02 Å². The quantitative estimate of drug-likeness (QED) is 0.344. The van der Waals surface area contributed by atoms with Crippen molar-refractivity contribution in [2.75, 3.05) is 6.54 Å². The molecule has 1 fully saturated rings. The van der Waals surface area contributed by atoms with Crippen molar-refractivity contribution in [3.05, 3.63) is 94.8 Å². The van der Waals surface area contributed by atoms with E-state index < -0.39 is 0 Å². The summed E-state index contributed by atoms with van der Waals surface area (Å²) in [5.41, 5.74) is 6.49. The van der Waals surface area contributed by atoms with Crippen LogP contribution in [0.4, 0.5) is 0 Å². The number of hydrogen-bond acceptors (Lipinski definition) is 2. The van der Waals surface area contributed by atoms with Gasteiger partial charge in [-0.05, 0) is 97.5 Å². The average Bonchev–Trinajstić information content (AvgIpc) is 3.69. The molecule has 4 rings (SSSR count). The molecule has 1 unspecified atom stereocenters. The fourth-order valence-electron chi connectivity index (χ4n) is 4.38. The standard InChI is InChI=1S/C31H33ClN2/c1-4-19-33-31(27-10-11-27)23(3)20-22(2)25-8-5-24(6-9-25)7-17-30-18-14-28(21-34-30)26-12-15-29(32)16-13-26/h5-6,8-9,12-16,18,20-21,23,27,31,33H,4,10-11,19H2,1-3H3/b22-20+/t23-,31?/m1/s1. The predicted octanol–water partition coefficient (Wildman–Crippen LogP) is 7.62. The van der Waals surface area contributed by atoms with E-state index in [9.17, 15) is 0 Å². The molecule has 1 N–H and O–H groups in total. The van der Waals surface area contributed by atoms with Crippen LogP contribution in [-0.2, 0) is 0 Å². The number of halogens is 1. The number of aromatic nitrogens is 1. The largest absolute Gasteiger partial charge is 0.313 e. The fourth-order valence-corrected chi connectivity index (χ4v) is 4.50. The van der Waals surface area contributed by atoms with Gasteiger partial charge in [0.15, 0.2) is 0 Å². The molecule has 0 radical (unpaired) electrons. The van der Waals surface area contributed by atoms with E-state index in [-0.39, 0.29) is 0 Å². The number of pyridine rings is 1. The Bertz CT molecular complexity index is 1160. The van der Waals surface area contributed by atoms with Gasteiger partial charge in [0.25, 0.3) is 0 Å². The van der Waals surface area contributed by atoms with E-state index in [1.807, 2.05) is 42.6 Å². The molecule has 0 spiro atoms. The van der Waals surface area contributed by atoms with Crippen molar-refractivity contribution in [1.29, 1.82) is 0 Å². The first-order valence-electron chi connectivity index (χ1n) is 12.3. The molecule has 2 atom stereocenters. The molecule has 0 bridgehead atoms. The minimum absolute atomic E-state index is 0.528. The Morgan fingerprint density at radius 2 is 1.74 bits per heavy atom. The van der Waals surface area contributed by atoms with Crippen LogP contribution in [0.15, 0.2) is 72.9 Å². The third kappa shape index (κ3) is 6.60. The van der Waals surface area contributed by atoms with E-state index >= 15 is 0 Å². The normalized spacial score (nSPS) is 15.4. The Hall–Kier alpha value is -2.86. The zero-order valence-corrected chi connectivity index (χ0v) is 21.1. The number of nitrogens with one attached hydrogen (secondary N) is 1. The lowest BCUT2D eigenvalue weighted by Crippen LogP contribution is -2.36. The highest BCUT2D eigenvalue weighted by Gasteiger charge is 2.33. The van der Waals surface area contributed by atoms with Crippen molar-refractivity contribution in [1.82, 2.24) is 10.3 Å². The SMILES string of the molecule is CCCNC(C1CC1)[C@H](C)/C=C(\C)c1ccc(C#Cc2ccc(-c3ccc(Cl)cc3)cn2)cc1. The summed E-state index contributed by atoms with van der Waals surface area (Å²) in [7, 11) is 0. The Kier molecular flexibility index (Phi) is 8.22. The van der Waals surface area contributed by atoms with Gasteiger partial charge in [0.2, 0.25) is 0 Å². The van der Waals surface area contributed by atoms with E-state index in [0.717, 1.165) is 39.9 Å². The lowest BCUT2D eigenvalue weighted by molar-refractivity contribution is 0.388. The van der Waals surface area contributed by atoms with Crippen LogP contribution in [-0.4, -0.2) is 17.6 Å². The van der Waals surface area contributed by atoms with Gasteiger partial charge in [-0.25, -0.2) is 4.98 Å². The topological polar surface area (TPSA) is 24.9 Å². The average molecular weight is 469 g/mol. The molecule has 1 aliphatic carbocycles. The highest BCUT2D eigenvalue weighted by molar-refractivity contribution is 6.30. The van der Waals surface area contributed by atoms with Crippen LogP contribution < -0.4 is 5.32 Å². The van der Waals surface area contributed by atoms with Gasteiger partial charge in [0.05, 0.1) is 0 Å². The molecule has 1 saturated carbocycles. The maximum atomic E-state index is 5.98. The van der Waals surface area contributed by atoms with Gasteiger partial charge in [0, 0.05) is 28.4 Å². The molecule has 1 aromatic heterocycles. The summed E-state index contributed by atoms with van der Waals surface area (Å²) in [6, 6.07) is 20.9. The van der Waals surface area contributed by atoms with Crippen LogP contribution in [0.25, 0.3) is 16.7 Å². The van der Waals surface area contributed by atoms with Gasteiger partial charge in [-0.15, -0.1) is 0 Å². The summed E-state index contributed by atoms with van der Waals surface area (Å²) in [5.74, 6) is 7.79. The van der Waals surface area contributed by atoms with Crippen molar-refractivity contribution in [2.24, 2.45) is 11.8 Å². The minimum Gasteiger partial charge on any atom is -0.313 e. The number of benzene rings is 2. The molecule has 34 heavy (non-hydrogen) atoms. The van der Waals surface area contributed by atoms with Crippen molar-refractivity contribution in [2.45, 2.75) is 46.1 Å². The van der Waals surface area contributed by atoms with Gasteiger partial charge in [0.1, 0.15) is 5.69 Å². The number of rotatable bonds is 8. The van der Waals surface area contributed by atoms with Crippen LogP contribution in [0.5, 0.6) is 0 Å². The van der Waals surface area contributed by atoms with E-state index in [0.29, 0.717) is 12.0 Å². The fraction of sp³-hybridized carbons (Fsp3) is 0.323. The number of hydrogen-bond donors (Lipinski definition) is 1. The molecule has 0 aliphatic heterocycles. The summed E-state index contributed by atoms with van der Waals surface area (Å²) in [4.78, 5) is 4.51. The van der Waals surface area contributed by atoms with E-state index in [2.05, 4.69) is 73.3 Å². The Morgan fingerprint density at radius 3 is 2.35 bits per heavy atom. The predicted molar refractivity (Wildman–Crippen MR) is 145 cm³/mol. The molecule has 174 valence electrons. The van der Waals surface area contributed by atoms with Crippen molar-refractivity contribution in [3.63, 3.8) is 0 Å². The number of allylic oxidation sites excluding steroid dienone is 1. The van der Waals surface area contributed by atoms with Crippen molar-refractivity contribution < 1.29 is 0 Å². The Morgan fingerprint density at radius 1 is 1.03 bits per heavy atom. The molecule has 1 heterocycles. The summed E-state index contributed by atoms with van der Waals surface area (Å²) in [6.45, 7) is 7.90. The lowest BCUT2D eigenvalue weighted by atomic mass is 9.93. The van der Waals surface area contributed by atoms with Gasteiger partial charge < -0.3 is 5.32 Å². The van der Waals surface area contributed by atoms with E-state index in [1.54, 1.807) is 0 Å². The molecule has 2 aromatic carbocycles. The highest BCUT2D eigenvalue weighted by Crippen LogP contribution is 2.36. The zero-order chi connectivity index (χ0) is 23.9. The Labute approximate surface area is 209 Å². The zero-order valence-electron chi connectivity index (χ0n) is 20.3. The van der Waals surface area contributed by atoms with Crippen LogP contribution in [0.1, 0.15) is 56.9 Å². The second-order valence-corrected chi connectivity index (χ2v) is 9.73. The molecule has 3 aromatic rings. The van der Waals surface area contributed by atoms with Crippen LogP contribution >= 0.6 is 11.6 Å². The molecule has 2 nitrogen and oxygen atoms in total. The molecular weight excluding hydrogens is 436 g/mol. The van der Waals surface area contributed by atoms with Crippen LogP contribution in [0.3, 0.4) is 0 Å². The smallest absolute Gasteiger partial charge is 0.113 e. The first kappa shape index (κ1) is 24.3. The highest BCUT2D eigenvalue weighted by atomic mass is 35.5. The first-order valence-corrected chi connectivity index (χ1v) is 12.7. The maximum Gasteiger partial charge on any atom is 0.113 e. The van der Waals surface area contributed by atoms with Gasteiger partial charge in [-0.3, -0.25) is 0 Å². The summed E-state index contributed by atoms with van der Waals surface area (Å²) in [6.07, 6.45) is 8.20. The molecule has 0 saturated heterocycles. The summed E-state index contributed by atoms with van der Waals surface area (Å²) in [5, 5.41) is 4.50. The summed E-state index contributed by atoms with van der Waals surface area (Å²) < 4.78 is 0. The second-order valence-electron chi connectivity index (χ2n) is 9.29. The lowest BCUT2D eigenvalue weighted by Gasteiger charge is -2.23. The van der Waals surface area contributed by atoms with Gasteiger partial charge >= 0.3 is 0 Å². The van der Waals surface area contributed by atoms with Gasteiger partial charge in [-0.1, -0.05) is 67.8 Å². The van der Waals surface area contributed by atoms with E-state index in [1.165, 1.54) is 30.4 Å². The molecular formula is C31H33ClN2. The minimum atomic E-state index is 0.528. The number of nitrogens with zero attached hydrogens (tertiary/aromatic N) is 1. The third-order valence-corrected chi connectivity index (χ3v) is 6.71. The van der Waals surface area contributed by atoms with Crippen molar-refractivity contribution >= 4 is 17.2 Å². The molecule has 1 aliphatic rings. The Balaban J connectivity index is 1.40. The molecule has 0 amide bonds. The van der Waals surface area contributed by atoms with Gasteiger partial charge in [-0.2, -0.15) is 0 Å². The van der Waals surface area contributed by atoms with Crippen molar-refractivity contribution in [3.8, 4) is 23.0 Å². The maximum absolute atomic E-state index is 5.98. The summed E-state index contributed by atoms with van der Waals surface area (Å²) >= 11 is 5.98. The third-order valence-electron chi connectivity index (χ3n) is 6.46. The van der Waals surface area contributed by atoms with Crippen LogP contribution in [0, 0.1) is 23.7 Å².